The summed E-state index contributed by atoms with van der Waals surface area (Å²) in [7, 11) is 0. The number of phenolic OH excluding ortho intramolecular Hbond substituents is 3. The van der Waals surface area contributed by atoms with E-state index in [9.17, 15) is 20.4 Å². The average Bonchev–Trinajstić information content (AvgIpc) is 3.73. The summed E-state index contributed by atoms with van der Waals surface area (Å²) in [5.41, 5.74) is 0. The van der Waals surface area contributed by atoms with Crippen LogP contribution in [0.15, 0.2) is 69.2 Å². The number of fused-ring (bicyclic) bond motifs is 3. The predicted octanol–water partition coefficient (Wildman–Crippen LogP) is 10.3. The van der Waals surface area contributed by atoms with E-state index in [0.29, 0.717) is 0 Å². The van der Waals surface area contributed by atoms with Crippen LogP contribution in [0.4, 0.5) is 0 Å². The molecule has 0 unspecified atom stereocenters. The Balaban J connectivity index is 0.000000132. The lowest BCUT2D eigenvalue weighted by atomic mass is 10.3. The average molecular weight is 752 g/mol. The van der Waals surface area contributed by atoms with Gasteiger partial charge in [0, 0.05) is 42.6 Å². The molecule has 16 heteroatoms. The molecule has 207 valence electrons. The van der Waals surface area contributed by atoms with Gasteiger partial charge in [-0.1, -0.05) is 106 Å². The van der Waals surface area contributed by atoms with Gasteiger partial charge >= 0.3 is 0 Å². The molecule has 3 N–H and O–H groups in total. The SMILES string of the molecule is Oc1cc2c(cc1O)SC(=C1SC3=C(SCCS3)S1)S2.[O-]c1cc2c(cc1O)S[C](c1sc3c([s+]1)SCCS3)S2. The Morgan fingerprint density at radius 3 is 1.75 bits per heavy atom. The van der Waals surface area contributed by atoms with Gasteiger partial charge in [0.2, 0.25) is 8.42 Å². The first-order valence-electron chi connectivity index (χ1n) is 11.4. The Hall–Kier alpha value is 0.670. The van der Waals surface area contributed by atoms with Crippen molar-refractivity contribution in [3.63, 3.8) is 0 Å². The maximum absolute atomic E-state index is 11.5. The van der Waals surface area contributed by atoms with Crippen molar-refractivity contribution in [1.82, 2.24) is 0 Å². The molecule has 0 saturated heterocycles. The minimum atomic E-state index is -0.293. The van der Waals surface area contributed by atoms with Crippen LogP contribution in [0.5, 0.6) is 23.0 Å². The van der Waals surface area contributed by atoms with E-state index in [1.54, 1.807) is 65.2 Å². The van der Waals surface area contributed by atoms with Gasteiger partial charge in [-0.3, -0.25) is 0 Å². The summed E-state index contributed by atoms with van der Waals surface area (Å²) in [6.45, 7) is 0. The zero-order chi connectivity index (χ0) is 27.4. The lowest BCUT2D eigenvalue weighted by Gasteiger charge is -2.09. The van der Waals surface area contributed by atoms with Crippen LogP contribution in [0.1, 0.15) is 4.19 Å². The second-order valence-electron chi connectivity index (χ2n) is 8.06. The number of rotatable bonds is 1. The van der Waals surface area contributed by atoms with Crippen LogP contribution in [0, 0.1) is 4.58 Å². The zero-order valence-electron chi connectivity index (χ0n) is 19.8. The molecule has 0 fully saturated rings. The molecule has 5 aliphatic rings. The molecule has 0 saturated carbocycles. The molecule has 40 heavy (non-hydrogen) atoms. The normalized spacial score (nSPS) is 19.7. The highest BCUT2D eigenvalue weighted by molar-refractivity contribution is 8.42. The molecule has 5 aliphatic heterocycles. The van der Waals surface area contributed by atoms with E-state index in [4.69, 9.17) is 0 Å². The highest BCUT2D eigenvalue weighted by Gasteiger charge is 2.38. The number of benzene rings is 2. The third-order valence-corrected chi connectivity index (χ3v) is 23.0. The lowest BCUT2D eigenvalue weighted by Crippen LogP contribution is -1.89. The molecule has 0 bridgehead atoms. The summed E-state index contributed by atoms with van der Waals surface area (Å²) >= 11 is 21.9. The van der Waals surface area contributed by atoms with Crippen molar-refractivity contribution in [3.05, 3.63) is 50.0 Å². The Morgan fingerprint density at radius 2 is 1.10 bits per heavy atom. The van der Waals surface area contributed by atoms with Gasteiger partial charge in [-0.25, -0.2) is 0 Å². The topological polar surface area (TPSA) is 83.8 Å². The number of hydrogen-bond donors (Lipinski definition) is 3. The van der Waals surface area contributed by atoms with Crippen LogP contribution < -0.4 is 5.11 Å². The van der Waals surface area contributed by atoms with Gasteiger partial charge in [-0.2, -0.15) is 0 Å². The molecule has 1 aromatic heterocycles. The maximum Gasteiger partial charge on any atom is 0.286 e. The first-order chi connectivity index (χ1) is 19.4. The van der Waals surface area contributed by atoms with Gasteiger partial charge < -0.3 is 20.4 Å². The fourth-order valence-corrected chi connectivity index (χ4v) is 21.2. The third-order valence-electron chi connectivity index (χ3n) is 5.38. The number of thioether (sulfide) groups is 10. The fraction of sp³-hybridized carbons (Fsp3) is 0.167. The Morgan fingerprint density at radius 1 is 0.575 bits per heavy atom. The molecule has 3 aromatic rings. The standard InChI is InChI=1S/C12H8O2S6.C12H7O2S6/c2*13-5-3-7-8(4-6(5)14)18-11(17-7)12-19-9-10(20-12)16-2-1-15-9/h3-4,13-14H,1-2H2;3-4H,1-2H2,(H-,13,14). The van der Waals surface area contributed by atoms with Crippen LogP contribution in [-0.4, -0.2) is 38.3 Å². The summed E-state index contributed by atoms with van der Waals surface area (Å²) in [6, 6.07) is 6.43. The van der Waals surface area contributed by atoms with E-state index in [2.05, 4.69) is 0 Å². The van der Waals surface area contributed by atoms with Crippen LogP contribution in [0.2, 0.25) is 0 Å². The number of aromatic hydroxyl groups is 3. The first kappa shape index (κ1) is 29.4. The van der Waals surface area contributed by atoms with E-state index in [1.807, 2.05) is 93.2 Å². The molecule has 6 heterocycles. The molecule has 0 amide bonds. The van der Waals surface area contributed by atoms with Crippen molar-refractivity contribution < 1.29 is 20.4 Å². The molecule has 0 atom stereocenters. The number of phenols is 3. The van der Waals surface area contributed by atoms with Crippen molar-refractivity contribution >= 4 is 140 Å². The largest absolute Gasteiger partial charge is 0.870 e. The van der Waals surface area contributed by atoms with Gasteiger partial charge in [-0.05, 0) is 18.2 Å². The van der Waals surface area contributed by atoms with Gasteiger partial charge in [-0.15, -0.1) is 23.5 Å². The highest BCUT2D eigenvalue weighted by Crippen LogP contribution is 2.66. The molecule has 8 rings (SSSR count). The van der Waals surface area contributed by atoms with Gasteiger partial charge in [0.1, 0.15) is 28.4 Å². The van der Waals surface area contributed by atoms with E-state index >= 15 is 0 Å². The summed E-state index contributed by atoms with van der Waals surface area (Å²) < 4.78 is 10.9. The van der Waals surface area contributed by atoms with Crippen molar-refractivity contribution in [2.75, 3.05) is 23.0 Å². The Bertz CT molecular complexity index is 1470. The van der Waals surface area contributed by atoms with Gasteiger partial charge in [0.15, 0.2) is 16.1 Å². The lowest BCUT2D eigenvalue weighted by molar-refractivity contribution is -0.270. The molecule has 4 nitrogen and oxygen atoms in total. The van der Waals surface area contributed by atoms with E-state index in [0.717, 1.165) is 19.6 Å². The minimum Gasteiger partial charge on any atom is -0.870 e. The predicted molar refractivity (Wildman–Crippen MR) is 185 cm³/mol. The van der Waals surface area contributed by atoms with E-state index < -0.39 is 0 Å². The van der Waals surface area contributed by atoms with Crippen molar-refractivity contribution in [1.29, 1.82) is 0 Å². The summed E-state index contributed by atoms with van der Waals surface area (Å²) in [5.74, 6) is 4.24. The fourth-order valence-electron chi connectivity index (χ4n) is 3.60. The van der Waals surface area contributed by atoms with Gasteiger partial charge in [0.25, 0.3) is 4.19 Å². The maximum atomic E-state index is 11.5. The highest BCUT2D eigenvalue weighted by atomic mass is 32.3. The molecular formula is C24H15O4S12. The molecule has 1 radical (unpaired) electrons. The minimum absolute atomic E-state index is 0.0432. The van der Waals surface area contributed by atoms with E-state index in [-0.39, 0.29) is 23.0 Å². The van der Waals surface area contributed by atoms with E-state index in [1.165, 1.54) is 63.2 Å². The smallest absolute Gasteiger partial charge is 0.286 e. The Labute approximate surface area is 281 Å². The summed E-state index contributed by atoms with van der Waals surface area (Å²) in [6.07, 6.45) is 0. The van der Waals surface area contributed by atoms with Gasteiger partial charge in [0.05, 0.1) is 16.9 Å². The molecule has 2 aromatic carbocycles. The van der Waals surface area contributed by atoms with Crippen LogP contribution in [0.3, 0.4) is 0 Å². The van der Waals surface area contributed by atoms with Crippen LogP contribution in [-0.2, 0) is 0 Å². The van der Waals surface area contributed by atoms with Crippen molar-refractivity contribution in [2.24, 2.45) is 0 Å². The Kier molecular flexibility index (Phi) is 9.24. The molecular weight excluding hydrogens is 737 g/mol. The molecule has 0 spiro atoms. The first-order valence-corrected chi connectivity index (χ1v) is 21.9. The second-order valence-corrected chi connectivity index (χ2v) is 22.8. The second kappa shape index (κ2) is 12.6. The summed E-state index contributed by atoms with van der Waals surface area (Å²) in [5, 5.41) is 40.2. The van der Waals surface area contributed by atoms with Crippen molar-refractivity contribution in [2.45, 2.75) is 28.0 Å². The molecule has 0 aliphatic carbocycles. The quantitative estimate of drug-likeness (QED) is 0.163. The zero-order valence-corrected chi connectivity index (χ0v) is 29.6. The third kappa shape index (κ3) is 6.12. The van der Waals surface area contributed by atoms with Crippen LogP contribution >= 0.6 is 140 Å². The van der Waals surface area contributed by atoms with Crippen molar-refractivity contribution in [3.8, 4) is 23.0 Å². The summed E-state index contributed by atoms with van der Waals surface area (Å²) in [4.78, 5) is 4.01. The number of hydrogen-bond acceptors (Lipinski definition) is 15. The monoisotopic (exact) mass is 751 g/mol. The van der Waals surface area contributed by atoms with Crippen LogP contribution in [0.25, 0.3) is 0 Å².